The van der Waals surface area contributed by atoms with Crippen molar-refractivity contribution < 1.29 is 4.79 Å². The Kier molecular flexibility index (Phi) is 3.72. The van der Waals surface area contributed by atoms with Crippen LogP contribution in [0, 0.1) is 0 Å². The van der Waals surface area contributed by atoms with Gasteiger partial charge in [0.1, 0.15) is 5.69 Å². The molecule has 20 heavy (non-hydrogen) atoms. The van der Waals surface area contributed by atoms with Crippen LogP contribution >= 0.6 is 12.4 Å². The average molecular weight is 289 g/mol. The van der Waals surface area contributed by atoms with Crippen LogP contribution in [0.25, 0.3) is 22.3 Å². The SMILES string of the molecule is Cl.Cn1c(C(N)=O)cc2nc(-c3ccncc3)ccc21. The van der Waals surface area contributed by atoms with Gasteiger partial charge in [0.05, 0.1) is 16.7 Å². The fourth-order valence-corrected chi connectivity index (χ4v) is 2.13. The molecule has 0 aromatic carbocycles. The molecule has 102 valence electrons. The third kappa shape index (κ3) is 2.23. The summed E-state index contributed by atoms with van der Waals surface area (Å²) in [7, 11) is 1.80. The zero-order valence-corrected chi connectivity index (χ0v) is 11.6. The van der Waals surface area contributed by atoms with Crippen LogP contribution < -0.4 is 5.73 Å². The van der Waals surface area contributed by atoms with E-state index < -0.39 is 5.91 Å². The van der Waals surface area contributed by atoms with Crippen molar-refractivity contribution in [1.82, 2.24) is 14.5 Å². The van der Waals surface area contributed by atoms with Gasteiger partial charge in [-0.3, -0.25) is 9.78 Å². The summed E-state index contributed by atoms with van der Waals surface area (Å²) in [6.45, 7) is 0. The molecule has 3 aromatic heterocycles. The maximum absolute atomic E-state index is 11.3. The topological polar surface area (TPSA) is 73.8 Å². The maximum atomic E-state index is 11.3. The van der Waals surface area contributed by atoms with Crippen LogP contribution in [-0.2, 0) is 7.05 Å². The zero-order valence-electron chi connectivity index (χ0n) is 10.8. The Morgan fingerprint density at radius 3 is 2.55 bits per heavy atom. The Morgan fingerprint density at radius 2 is 1.90 bits per heavy atom. The van der Waals surface area contributed by atoms with Crippen molar-refractivity contribution >= 4 is 29.3 Å². The maximum Gasteiger partial charge on any atom is 0.265 e. The van der Waals surface area contributed by atoms with Gasteiger partial charge >= 0.3 is 0 Å². The number of rotatable bonds is 2. The molecule has 0 unspecified atom stereocenters. The Morgan fingerprint density at radius 1 is 1.20 bits per heavy atom. The molecule has 0 saturated carbocycles. The minimum Gasteiger partial charge on any atom is -0.364 e. The van der Waals surface area contributed by atoms with Crippen molar-refractivity contribution in [2.75, 3.05) is 0 Å². The van der Waals surface area contributed by atoms with Crippen molar-refractivity contribution in [3.8, 4) is 11.3 Å². The molecular weight excluding hydrogens is 276 g/mol. The highest BCUT2D eigenvalue weighted by Crippen LogP contribution is 2.22. The largest absolute Gasteiger partial charge is 0.364 e. The number of aryl methyl sites for hydroxylation is 1. The first-order valence-corrected chi connectivity index (χ1v) is 5.83. The van der Waals surface area contributed by atoms with Gasteiger partial charge in [0.2, 0.25) is 0 Å². The Bertz CT molecular complexity index is 767. The van der Waals surface area contributed by atoms with Crippen molar-refractivity contribution in [2.45, 2.75) is 0 Å². The average Bonchev–Trinajstić information content (AvgIpc) is 2.77. The second kappa shape index (κ2) is 5.30. The first-order valence-electron chi connectivity index (χ1n) is 5.83. The Balaban J connectivity index is 0.00000147. The van der Waals surface area contributed by atoms with Crippen LogP contribution in [-0.4, -0.2) is 20.4 Å². The number of carbonyl (C=O) groups is 1. The van der Waals surface area contributed by atoms with E-state index in [1.807, 2.05) is 24.3 Å². The minimum atomic E-state index is -0.453. The summed E-state index contributed by atoms with van der Waals surface area (Å²) in [6.07, 6.45) is 3.45. The van der Waals surface area contributed by atoms with E-state index in [9.17, 15) is 4.79 Å². The quantitative estimate of drug-likeness (QED) is 0.785. The summed E-state index contributed by atoms with van der Waals surface area (Å²) in [5, 5.41) is 0. The number of halogens is 1. The number of fused-ring (bicyclic) bond motifs is 1. The van der Waals surface area contributed by atoms with Crippen LogP contribution in [0.3, 0.4) is 0 Å². The van der Waals surface area contributed by atoms with E-state index >= 15 is 0 Å². The lowest BCUT2D eigenvalue weighted by Gasteiger charge is -2.02. The summed E-state index contributed by atoms with van der Waals surface area (Å²) >= 11 is 0. The van der Waals surface area contributed by atoms with Crippen LogP contribution in [0.1, 0.15) is 10.5 Å². The molecule has 3 heterocycles. The van der Waals surface area contributed by atoms with Crippen molar-refractivity contribution in [2.24, 2.45) is 12.8 Å². The fraction of sp³-hybridized carbons (Fsp3) is 0.0714. The van der Waals surface area contributed by atoms with Gasteiger partial charge in [-0.25, -0.2) is 4.98 Å². The molecule has 0 saturated heterocycles. The third-order valence-corrected chi connectivity index (χ3v) is 3.13. The number of hydrogen-bond acceptors (Lipinski definition) is 3. The van der Waals surface area contributed by atoms with Crippen LogP contribution in [0.2, 0.25) is 0 Å². The van der Waals surface area contributed by atoms with Gasteiger partial charge < -0.3 is 10.3 Å². The fourth-order valence-electron chi connectivity index (χ4n) is 2.13. The van der Waals surface area contributed by atoms with E-state index in [-0.39, 0.29) is 12.4 Å². The summed E-state index contributed by atoms with van der Waals surface area (Å²) in [4.78, 5) is 19.8. The first kappa shape index (κ1) is 14.0. The number of aromatic nitrogens is 3. The van der Waals surface area contributed by atoms with Crippen LogP contribution in [0.5, 0.6) is 0 Å². The molecule has 0 bridgehead atoms. The molecule has 3 rings (SSSR count). The van der Waals surface area contributed by atoms with Crippen LogP contribution in [0.15, 0.2) is 42.7 Å². The summed E-state index contributed by atoms with van der Waals surface area (Å²) in [5.41, 5.74) is 9.25. The molecule has 0 aliphatic heterocycles. The predicted molar refractivity (Wildman–Crippen MR) is 79.7 cm³/mol. The predicted octanol–water partition coefficient (Wildman–Crippen LogP) is 2.16. The van der Waals surface area contributed by atoms with E-state index in [1.54, 1.807) is 30.1 Å². The van der Waals surface area contributed by atoms with E-state index in [4.69, 9.17) is 5.73 Å². The minimum absolute atomic E-state index is 0. The van der Waals surface area contributed by atoms with Gasteiger partial charge in [-0.05, 0) is 30.3 Å². The van der Waals surface area contributed by atoms with Crippen LogP contribution in [0.4, 0.5) is 0 Å². The molecule has 1 amide bonds. The van der Waals surface area contributed by atoms with Gasteiger partial charge in [0, 0.05) is 25.0 Å². The highest BCUT2D eigenvalue weighted by Gasteiger charge is 2.11. The third-order valence-electron chi connectivity index (χ3n) is 3.13. The van der Waals surface area contributed by atoms with E-state index in [0.29, 0.717) is 5.69 Å². The second-order valence-corrected chi connectivity index (χ2v) is 4.29. The van der Waals surface area contributed by atoms with Crippen molar-refractivity contribution in [3.05, 3.63) is 48.4 Å². The number of hydrogen-bond donors (Lipinski definition) is 1. The molecular formula is C14H13ClN4O. The highest BCUT2D eigenvalue weighted by molar-refractivity contribution is 5.97. The highest BCUT2D eigenvalue weighted by atomic mass is 35.5. The Hall–Kier alpha value is -2.40. The van der Waals surface area contributed by atoms with Gasteiger partial charge in [0.25, 0.3) is 5.91 Å². The van der Waals surface area contributed by atoms with E-state index in [1.165, 1.54) is 0 Å². The number of primary amides is 1. The smallest absolute Gasteiger partial charge is 0.265 e. The molecule has 0 aliphatic carbocycles. The molecule has 0 atom stereocenters. The van der Waals surface area contributed by atoms with Gasteiger partial charge in [-0.15, -0.1) is 12.4 Å². The first-order chi connectivity index (χ1) is 9.16. The van der Waals surface area contributed by atoms with E-state index in [2.05, 4.69) is 9.97 Å². The number of amides is 1. The van der Waals surface area contributed by atoms with Gasteiger partial charge in [-0.2, -0.15) is 0 Å². The number of nitrogens with zero attached hydrogens (tertiary/aromatic N) is 3. The molecule has 3 aromatic rings. The van der Waals surface area contributed by atoms with Crippen molar-refractivity contribution in [1.29, 1.82) is 0 Å². The van der Waals surface area contributed by atoms with E-state index in [0.717, 1.165) is 22.3 Å². The number of carbonyl (C=O) groups excluding carboxylic acids is 1. The lowest BCUT2D eigenvalue weighted by Crippen LogP contribution is -2.14. The second-order valence-electron chi connectivity index (χ2n) is 4.29. The molecule has 0 aliphatic rings. The zero-order chi connectivity index (χ0) is 13.4. The molecule has 0 spiro atoms. The molecule has 5 nitrogen and oxygen atoms in total. The normalized spacial score (nSPS) is 10.2. The monoisotopic (exact) mass is 288 g/mol. The lowest BCUT2D eigenvalue weighted by molar-refractivity contribution is 0.0993. The standard InChI is InChI=1S/C14H12N4O.ClH/c1-18-12-3-2-10(9-4-6-16-7-5-9)17-11(12)8-13(18)14(15)19;/h2-8H,1H3,(H2,15,19);1H. The Labute approximate surface area is 121 Å². The molecule has 6 heteroatoms. The van der Waals surface area contributed by atoms with Gasteiger partial charge in [0.15, 0.2) is 0 Å². The summed E-state index contributed by atoms with van der Waals surface area (Å²) in [5.74, 6) is -0.453. The number of nitrogens with two attached hydrogens (primary N) is 1. The lowest BCUT2D eigenvalue weighted by atomic mass is 10.2. The summed E-state index contributed by atoms with van der Waals surface area (Å²) < 4.78 is 1.75. The van der Waals surface area contributed by atoms with Crippen molar-refractivity contribution in [3.63, 3.8) is 0 Å². The number of pyridine rings is 2. The molecule has 0 fully saturated rings. The summed E-state index contributed by atoms with van der Waals surface area (Å²) in [6, 6.07) is 9.35. The molecule has 0 radical (unpaired) electrons. The van der Waals surface area contributed by atoms with Gasteiger partial charge in [-0.1, -0.05) is 0 Å². The molecule has 2 N–H and O–H groups in total.